The molecule has 1 N–H and O–H groups in total. The second-order valence-corrected chi connectivity index (χ2v) is 5.34. The molecule has 0 aliphatic heterocycles. The van der Waals surface area contributed by atoms with E-state index < -0.39 is 0 Å². The third-order valence-corrected chi connectivity index (χ3v) is 3.49. The van der Waals surface area contributed by atoms with Crippen LogP contribution in [-0.4, -0.2) is 13.0 Å². The topological polar surface area (TPSA) is 29.1 Å². The molecular weight excluding hydrogens is 234 g/mol. The van der Waals surface area contributed by atoms with E-state index in [2.05, 4.69) is 12.2 Å². The van der Waals surface area contributed by atoms with E-state index in [1.165, 1.54) is 70.6 Å². The Balaban J connectivity index is 3.07. The Labute approximate surface area is 120 Å². The second kappa shape index (κ2) is 15.3. The number of amides is 1. The standard InChI is InChI=1S/C17H33NO/c1-3-4-5-6-7-8-9-10-11-12-13-14-15-16-17(19)18-2/h15-16H,3-14H2,1-2H3,(H,18,19)/b16-15+. The van der Waals surface area contributed by atoms with E-state index in [-0.39, 0.29) is 5.91 Å². The van der Waals surface area contributed by atoms with Gasteiger partial charge in [0.05, 0.1) is 0 Å². The first-order valence-electron chi connectivity index (χ1n) is 8.19. The molecule has 0 aliphatic carbocycles. The van der Waals surface area contributed by atoms with Crippen LogP contribution in [-0.2, 0) is 4.79 Å². The van der Waals surface area contributed by atoms with Crippen molar-refractivity contribution in [2.45, 2.75) is 84.0 Å². The summed E-state index contributed by atoms with van der Waals surface area (Å²) in [6.45, 7) is 2.27. The Hall–Kier alpha value is -0.790. The van der Waals surface area contributed by atoms with Gasteiger partial charge in [-0.2, -0.15) is 0 Å². The zero-order valence-electron chi connectivity index (χ0n) is 13.0. The van der Waals surface area contributed by atoms with Crippen LogP contribution in [0.5, 0.6) is 0 Å². The fraction of sp³-hybridized carbons (Fsp3) is 0.824. The lowest BCUT2D eigenvalue weighted by Crippen LogP contribution is -2.13. The average molecular weight is 267 g/mol. The Morgan fingerprint density at radius 3 is 1.79 bits per heavy atom. The van der Waals surface area contributed by atoms with E-state index in [1.807, 2.05) is 6.08 Å². The smallest absolute Gasteiger partial charge is 0.243 e. The third-order valence-electron chi connectivity index (χ3n) is 3.49. The molecule has 19 heavy (non-hydrogen) atoms. The summed E-state index contributed by atoms with van der Waals surface area (Å²) in [5, 5.41) is 2.58. The van der Waals surface area contributed by atoms with Gasteiger partial charge in [0.25, 0.3) is 0 Å². The van der Waals surface area contributed by atoms with Crippen LogP contribution in [0, 0.1) is 0 Å². The van der Waals surface area contributed by atoms with Crippen molar-refractivity contribution in [2.24, 2.45) is 0 Å². The zero-order valence-corrected chi connectivity index (χ0v) is 13.0. The van der Waals surface area contributed by atoms with Gasteiger partial charge in [-0.25, -0.2) is 0 Å². The molecule has 0 heterocycles. The summed E-state index contributed by atoms with van der Waals surface area (Å²) in [6, 6.07) is 0. The molecule has 0 aromatic carbocycles. The van der Waals surface area contributed by atoms with Crippen LogP contribution >= 0.6 is 0 Å². The summed E-state index contributed by atoms with van der Waals surface area (Å²) in [6.07, 6.45) is 19.7. The third kappa shape index (κ3) is 15.2. The molecule has 0 unspecified atom stereocenters. The summed E-state index contributed by atoms with van der Waals surface area (Å²) < 4.78 is 0. The van der Waals surface area contributed by atoms with E-state index >= 15 is 0 Å². The number of carbonyl (C=O) groups excluding carboxylic acids is 1. The van der Waals surface area contributed by atoms with E-state index in [9.17, 15) is 4.79 Å². The summed E-state index contributed by atoms with van der Waals surface area (Å²) >= 11 is 0. The number of hydrogen-bond acceptors (Lipinski definition) is 1. The highest BCUT2D eigenvalue weighted by molar-refractivity contribution is 5.87. The zero-order chi connectivity index (χ0) is 14.2. The number of rotatable bonds is 13. The minimum Gasteiger partial charge on any atom is -0.356 e. The molecule has 0 atom stereocenters. The van der Waals surface area contributed by atoms with Gasteiger partial charge in [0.1, 0.15) is 0 Å². The van der Waals surface area contributed by atoms with Gasteiger partial charge in [0, 0.05) is 7.05 Å². The number of nitrogens with one attached hydrogen (secondary N) is 1. The highest BCUT2D eigenvalue weighted by atomic mass is 16.1. The van der Waals surface area contributed by atoms with E-state index in [0.717, 1.165) is 6.42 Å². The monoisotopic (exact) mass is 267 g/mol. The molecule has 0 radical (unpaired) electrons. The number of likely N-dealkylation sites (N-methyl/N-ethyl adjacent to an activating group) is 1. The summed E-state index contributed by atoms with van der Waals surface area (Å²) in [4.78, 5) is 10.9. The molecular formula is C17H33NO. The number of hydrogen-bond donors (Lipinski definition) is 1. The van der Waals surface area contributed by atoms with E-state index in [1.54, 1.807) is 13.1 Å². The van der Waals surface area contributed by atoms with Crippen LogP contribution in [0.25, 0.3) is 0 Å². The van der Waals surface area contributed by atoms with Crippen molar-refractivity contribution in [3.63, 3.8) is 0 Å². The SMILES string of the molecule is CCCCCCCCCCCCC/C=C/C(=O)NC. The molecule has 1 amide bonds. The molecule has 0 bridgehead atoms. The Morgan fingerprint density at radius 1 is 0.842 bits per heavy atom. The quantitative estimate of drug-likeness (QED) is 0.369. The maximum atomic E-state index is 10.9. The summed E-state index contributed by atoms with van der Waals surface area (Å²) in [5.74, 6) is 0.00285. The van der Waals surface area contributed by atoms with Gasteiger partial charge < -0.3 is 5.32 Å². The molecule has 0 fully saturated rings. The molecule has 0 rings (SSSR count). The van der Waals surface area contributed by atoms with E-state index in [4.69, 9.17) is 0 Å². The van der Waals surface area contributed by atoms with Gasteiger partial charge in [0.15, 0.2) is 0 Å². The lowest BCUT2D eigenvalue weighted by molar-refractivity contribution is -0.116. The molecule has 112 valence electrons. The van der Waals surface area contributed by atoms with Gasteiger partial charge in [-0.05, 0) is 18.9 Å². The minimum absolute atomic E-state index is 0.00285. The van der Waals surface area contributed by atoms with Crippen molar-refractivity contribution in [1.82, 2.24) is 5.32 Å². The average Bonchev–Trinajstić information content (AvgIpc) is 2.43. The highest BCUT2D eigenvalue weighted by Crippen LogP contribution is 2.11. The fourth-order valence-corrected chi connectivity index (χ4v) is 2.20. The lowest BCUT2D eigenvalue weighted by Gasteiger charge is -2.01. The number of allylic oxidation sites excluding steroid dienone is 1. The fourth-order valence-electron chi connectivity index (χ4n) is 2.20. The van der Waals surface area contributed by atoms with Crippen LogP contribution in [0.3, 0.4) is 0 Å². The largest absolute Gasteiger partial charge is 0.356 e. The normalized spacial score (nSPS) is 11.1. The molecule has 0 aromatic rings. The van der Waals surface area contributed by atoms with Crippen LogP contribution in [0.15, 0.2) is 12.2 Å². The molecule has 2 heteroatoms. The first-order valence-corrected chi connectivity index (χ1v) is 8.19. The predicted octanol–water partition coefficient (Wildman–Crippen LogP) is 4.99. The van der Waals surface area contributed by atoms with Crippen molar-refractivity contribution in [1.29, 1.82) is 0 Å². The van der Waals surface area contributed by atoms with Crippen LogP contribution in [0.1, 0.15) is 84.0 Å². The minimum atomic E-state index is 0.00285. The first kappa shape index (κ1) is 18.2. The van der Waals surface area contributed by atoms with Crippen molar-refractivity contribution in [3.8, 4) is 0 Å². The molecule has 0 aromatic heterocycles. The van der Waals surface area contributed by atoms with Gasteiger partial charge in [0.2, 0.25) is 5.91 Å². The summed E-state index contributed by atoms with van der Waals surface area (Å²) in [7, 11) is 1.66. The maximum absolute atomic E-state index is 10.9. The van der Waals surface area contributed by atoms with Crippen molar-refractivity contribution in [3.05, 3.63) is 12.2 Å². The number of carbonyl (C=O) groups is 1. The second-order valence-electron chi connectivity index (χ2n) is 5.34. The van der Waals surface area contributed by atoms with Crippen LogP contribution in [0.4, 0.5) is 0 Å². The van der Waals surface area contributed by atoms with E-state index in [0.29, 0.717) is 0 Å². The Bertz CT molecular complexity index is 223. The van der Waals surface area contributed by atoms with Gasteiger partial charge in [-0.1, -0.05) is 77.2 Å². The van der Waals surface area contributed by atoms with Crippen molar-refractivity contribution >= 4 is 5.91 Å². The first-order chi connectivity index (χ1) is 9.31. The van der Waals surface area contributed by atoms with Crippen LogP contribution in [0.2, 0.25) is 0 Å². The lowest BCUT2D eigenvalue weighted by atomic mass is 10.1. The number of unbranched alkanes of at least 4 members (excludes halogenated alkanes) is 11. The van der Waals surface area contributed by atoms with Gasteiger partial charge in [-0.3, -0.25) is 4.79 Å². The Morgan fingerprint density at radius 2 is 1.32 bits per heavy atom. The molecule has 0 saturated carbocycles. The molecule has 0 saturated heterocycles. The predicted molar refractivity (Wildman–Crippen MR) is 84.3 cm³/mol. The van der Waals surface area contributed by atoms with Crippen molar-refractivity contribution < 1.29 is 4.79 Å². The van der Waals surface area contributed by atoms with Crippen molar-refractivity contribution in [2.75, 3.05) is 7.05 Å². The van der Waals surface area contributed by atoms with Crippen LogP contribution < -0.4 is 5.32 Å². The highest BCUT2D eigenvalue weighted by Gasteiger charge is 1.93. The van der Waals surface area contributed by atoms with Gasteiger partial charge in [-0.15, -0.1) is 0 Å². The Kier molecular flexibility index (Phi) is 14.6. The van der Waals surface area contributed by atoms with Gasteiger partial charge >= 0.3 is 0 Å². The molecule has 0 aliphatic rings. The summed E-state index contributed by atoms with van der Waals surface area (Å²) in [5.41, 5.74) is 0. The molecule has 0 spiro atoms. The maximum Gasteiger partial charge on any atom is 0.243 e. The molecule has 2 nitrogen and oxygen atoms in total.